The van der Waals surface area contributed by atoms with Crippen LogP contribution in [0.1, 0.15) is 24.5 Å². The van der Waals surface area contributed by atoms with Crippen molar-refractivity contribution in [1.29, 1.82) is 0 Å². The number of amides is 1. The zero-order chi connectivity index (χ0) is 16.8. The Morgan fingerprint density at radius 3 is 2.62 bits per heavy atom. The van der Waals surface area contributed by atoms with Crippen LogP contribution < -0.4 is 16.4 Å². The van der Waals surface area contributed by atoms with Gasteiger partial charge >= 0.3 is 6.09 Å². The third kappa shape index (κ3) is 4.02. The molecule has 1 aliphatic rings. The molecule has 1 saturated heterocycles. The number of ether oxygens (including phenoxy) is 1. The summed E-state index contributed by atoms with van der Waals surface area (Å²) in [5, 5.41) is 6.07. The highest BCUT2D eigenvalue weighted by Crippen LogP contribution is 2.32. The van der Waals surface area contributed by atoms with E-state index >= 15 is 0 Å². The molecule has 0 saturated carbocycles. The number of rotatable bonds is 4. The van der Waals surface area contributed by atoms with Crippen LogP contribution in [0.2, 0.25) is 0 Å². The fourth-order valence-electron chi connectivity index (χ4n) is 3.00. The maximum absolute atomic E-state index is 12.4. The molecule has 126 valence electrons. The SMILES string of the molecule is Nc1ccccc1NC(=O)OC(c1ccncc1)C1CCNCC1. The Balaban J connectivity index is 1.73. The minimum absolute atomic E-state index is 0.285. The van der Waals surface area contributed by atoms with Crippen molar-refractivity contribution in [2.75, 3.05) is 24.1 Å². The Morgan fingerprint density at radius 1 is 1.21 bits per heavy atom. The first-order valence-electron chi connectivity index (χ1n) is 8.17. The zero-order valence-electron chi connectivity index (χ0n) is 13.4. The summed E-state index contributed by atoms with van der Waals surface area (Å²) < 4.78 is 5.77. The van der Waals surface area contributed by atoms with Crippen LogP contribution in [-0.4, -0.2) is 24.2 Å². The number of para-hydroxylation sites is 2. The molecule has 6 heteroatoms. The second kappa shape index (κ2) is 7.79. The van der Waals surface area contributed by atoms with Gasteiger partial charge in [-0.05, 0) is 55.8 Å². The van der Waals surface area contributed by atoms with Crippen molar-refractivity contribution in [2.24, 2.45) is 5.92 Å². The first-order valence-corrected chi connectivity index (χ1v) is 8.17. The highest BCUT2D eigenvalue weighted by atomic mass is 16.6. The highest BCUT2D eigenvalue weighted by molar-refractivity contribution is 5.88. The number of nitrogens with two attached hydrogens (primary N) is 1. The van der Waals surface area contributed by atoms with Crippen LogP contribution in [0.4, 0.5) is 16.2 Å². The van der Waals surface area contributed by atoms with Crippen molar-refractivity contribution in [3.63, 3.8) is 0 Å². The monoisotopic (exact) mass is 326 g/mol. The van der Waals surface area contributed by atoms with Gasteiger partial charge < -0.3 is 15.8 Å². The number of hydrogen-bond acceptors (Lipinski definition) is 5. The average molecular weight is 326 g/mol. The number of anilines is 2. The smallest absolute Gasteiger partial charge is 0.412 e. The van der Waals surface area contributed by atoms with E-state index in [1.165, 1.54) is 0 Å². The number of nitrogens with zero attached hydrogens (tertiary/aromatic N) is 1. The van der Waals surface area contributed by atoms with Gasteiger partial charge in [-0.1, -0.05) is 12.1 Å². The molecule has 0 radical (unpaired) electrons. The molecule has 3 rings (SSSR count). The summed E-state index contributed by atoms with van der Waals surface area (Å²) >= 11 is 0. The molecule has 4 N–H and O–H groups in total. The van der Waals surface area contributed by atoms with Crippen molar-refractivity contribution in [2.45, 2.75) is 18.9 Å². The topological polar surface area (TPSA) is 89.3 Å². The molecule has 1 aromatic carbocycles. The molecule has 1 aromatic heterocycles. The minimum atomic E-state index is -0.492. The van der Waals surface area contributed by atoms with Crippen molar-refractivity contribution >= 4 is 17.5 Å². The molecule has 2 aromatic rings. The van der Waals surface area contributed by atoms with E-state index in [-0.39, 0.29) is 12.0 Å². The van der Waals surface area contributed by atoms with Gasteiger partial charge in [-0.2, -0.15) is 0 Å². The average Bonchev–Trinajstić information content (AvgIpc) is 2.63. The third-order valence-electron chi connectivity index (χ3n) is 4.28. The number of piperidine rings is 1. The lowest BCUT2D eigenvalue weighted by atomic mass is 9.88. The zero-order valence-corrected chi connectivity index (χ0v) is 13.4. The number of carbonyl (C=O) groups excluding carboxylic acids is 1. The van der Waals surface area contributed by atoms with Crippen LogP contribution in [-0.2, 0) is 4.74 Å². The van der Waals surface area contributed by atoms with E-state index in [9.17, 15) is 4.79 Å². The number of nitrogen functional groups attached to an aromatic ring is 1. The molecular formula is C18H22N4O2. The molecular weight excluding hydrogens is 304 g/mol. The Hall–Kier alpha value is -2.60. The van der Waals surface area contributed by atoms with Crippen molar-refractivity contribution in [3.05, 3.63) is 54.4 Å². The van der Waals surface area contributed by atoms with E-state index in [2.05, 4.69) is 15.6 Å². The normalized spacial score (nSPS) is 16.3. The van der Waals surface area contributed by atoms with Crippen LogP contribution in [0, 0.1) is 5.92 Å². The van der Waals surface area contributed by atoms with E-state index in [0.717, 1.165) is 31.5 Å². The third-order valence-corrected chi connectivity index (χ3v) is 4.28. The van der Waals surface area contributed by atoms with Crippen molar-refractivity contribution in [3.8, 4) is 0 Å². The van der Waals surface area contributed by atoms with Gasteiger partial charge in [0.05, 0.1) is 11.4 Å². The quantitative estimate of drug-likeness (QED) is 0.752. The predicted molar refractivity (Wildman–Crippen MR) is 93.5 cm³/mol. The Kier molecular flexibility index (Phi) is 5.28. The number of aromatic nitrogens is 1. The first-order chi connectivity index (χ1) is 11.7. The van der Waals surface area contributed by atoms with Crippen molar-refractivity contribution in [1.82, 2.24) is 10.3 Å². The van der Waals surface area contributed by atoms with Crippen LogP contribution in [0.5, 0.6) is 0 Å². The molecule has 1 unspecified atom stereocenters. The standard InChI is InChI=1S/C18H22N4O2/c19-15-3-1-2-4-16(15)22-18(23)24-17(13-5-9-20-10-6-13)14-7-11-21-12-8-14/h1-6,9-10,14,17,21H,7-8,11-12,19H2,(H,22,23). The highest BCUT2D eigenvalue weighted by Gasteiger charge is 2.28. The van der Waals surface area contributed by atoms with E-state index in [1.807, 2.05) is 24.3 Å². The van der Waals surface area contributed by atoms with Gasteiger partial charge in [0.15, 0.2) is 0 Å². The molecule has 2 heterocycles. The van der Waals surface area contributed by atoms with Crippen LogP contribution in [0.15, 0.2) is 48.8 Å². The molecule has 24 heavy (non-hydrogen) atoms. The lowest BCUT2D eigenvalue weighted by molar-refractivity contribution is 0.0591. The fourth-order valence-corrected chi connectivity index (χ4v) is 3.00. The second-order valence-electron chi connectivity index (χ2n) is 5.91. The van der Waals surface area contributed by atoms with E-state index < -0.39 is 6.09 Å². The first kappa shape index (κ1) is 16.3. The molecule has 0 aliphatic carbocycles. The molecule has 0 bridgehead atoms. The Morgan fingerprint density at radius 2 is 1.92 bits per heavy atom. The summed E-state index contributed by atoms with van der Waals surface area (Å²) in [4.78, 5) is 16.4. The summed E-state index contributed by atoms with van der Waals surface area (Å²) in [6, 6.07) is 10.9. The maximum atomic E-state index is 12.4. The van der Waals surface area contributed by atoms with Crippen LogP contribution in [0.3, 0.4) is 0 Å². The van der Waals surface area contributed by atoms with Crippen LogP contribution in [0.25, 0.3) is 0 Å². The van der Waals surface area contributed by atoms with Gasteiger partial charge in [-0.15, -0.1) is 0 Å². The number of hydrogen-bond donors (Lipinski definition) is 3. The van der Waals surface area contributed by atoms with Crippen LogP contribution >= 0.6 is 0 Å². The predicted octanol–water partition coefficient (Wildman–Crippen LogP) is 2.95. The Labute approximate surface area is 141 Å². The second-order valence-corrected chi connectivity index (χ2v) is 5.91. The van der Waals surface area contributed by atoms with E-state index in [1.54, 1.807) is 24.5 Å². The van der Waals surface area contributed by atoms with Gasteiger partial charge in [0, 0.05) is 18.3 Å². The summed E-state index contributed by atoms with van der Waals surface area (Å²) in [7, 11) is 0. The maximum Gasteiger partial charge on any atom is 0.412 e. The van der Waals surface area contributed by atoms with E-state index in [4.69, 9.17) is 10.5 Å². The lowest BCUT2D eigenvalue weighted by Gasteiger charge is -2.30. The summed E-state index contributed by atoms with van der Waals surface area (Å²) in [5.74, 6) is 0.285. The van der Waals surface area contributed by atoms with Crippen molar-refractivity contribution < 1.29 is 9.53 Å². The number of carbonyl (C=O) groups is 1. The van der Waals surface area contributed by atoms with Gasteiger partial charge in [0.2, 0.25) is 0 Å². The summed E-state index contributed by atoms with van der Waals surface area (Å²) in [5.41, 5.74) is 7.90. The largest absolute Gasteiger partial charge is 0.441 e. The minimum Gasteiger partial charge on any atom is -0.441 e. The molecule has 0 spiro atoms. The summed E-state index contributed by atoms with van der Waals surface area (Å²) in [6.45, 7) is 1.87. The molecule has 1 fully saturated rings. The number of nitrogens with one attached hydrogen (secondary N) is 2. The number of pyridine rings is 1. The fraction of sp³-hybridized carbons (Fsp3) is 0.333. The lowest BCUT2D eigenvalue weighted by Crippen LogP contribution is -2.33. The van der Waals surface area contributed by atoms with Gasteiger partial charge in [0.1, 0.15) is 6.10 Å². The molecule has 6 nitrogen and oxygen atoms in total. The van der Waals surface area contributed by atoms with E-state index in [0.29, 0.717) is 11.4 Å². The molecule has 1 aliphatic heterocycles. The molecule has 1 atom stereocenters. The Bertz CT molecular complexity index is 672. The van der Waals surface area contributed by atoms with Gasteiger partial charge in [-0.25, -0.2) is 4.79 Å². The van der Waals surface area contributed by atoms with Gasteiger partial charge in [-0.3, -0.25) is 10.3 Å². The summed E-state index contributed by atoms with van der Waals surface area (Å²) in [6.07, 6.45) is 4.59. The number of benzene rings is 1. The molecule has 1 amide bonds. The van der Waals surface area contributed by atoms with Gasteiger partial charge in [0.25, 0.3) is 0 Å².